The van der Waals surface area contributed by atoms with Crippen molar-refractivity contribution in [1.82, 2.24) is 9.80 Å². The lowest BCUT2D eigenvalue weighted by Gasteiger charge is -2.24. The first-order valence-corrected chi connectivity index (χ1v) is 9.15. The molecule has 3 amide bonds. The number of halogens is 1. The first kappa shape index (κ1) is 18.2. The van der Waals surface area contributed by atoms with Crippen molar-refractivity contribution in [1.29, 1.82) is 0 Å². The highest BCUT2D eigenvalue weighted by Gasteiger charge is 2.36. The van der Waals surface area contributed by atoms with Gasteiger partial charge in [0.1, 0.15) is 11.9 Å². The molecule has 1 unspecified atom stereocenters. The Kier molecular flexibility index (Phi) is 4.58. The Balaban J connectivity index is 1.49. The molecule has 1 N–H and O–H groups in total. The molecule has 0 radical (unpaired) electrons. The molecule has 0 spiro atoms. The average Bonchev–Trinajstić information content (AvgIpc) is 3.16. The molecular weight excluding hydrogens is 361 g/mol. The predicted molar refractivity (Wildman–Crippen MR) is 101 cm³/mol. The second-order valence-electron chi connectivity index (χ2n) is 7.23. The van der Waals surface area contributed by atoms with Crippen LogP contribution in [0, 0.1) is 5.82 Å². The van der Waals surface area contributed by atoms with Crippen LogP contribution >= 0.6 is 0 Å². The fourth-order valence-electron chi connectivity index (χ4n) is 3.79. The zero-order chi connectivity index (χ0) is 19.8. The molecule has 7 heteroatoms. The summed E-state index contributed by atoms with van der Waals surface area (Å²) >= 11 is 0. The summed E-state index contributed by atoms with van der Waals surface area (Å²) < 4.78 is 13.4. The van der Waals surface area contributed by atoms with E-state index in [2.05, 4.69) is 5.32 Å². The molecule has 4 rings (SSSR count). The van der Waals surface area contributed by atoms with Gasteiger partial charge in [-0.15, -0.1) is 0 Å². The van der Waals surface area contributed by atoms with Gasteiger partial charge in [-0.1, -0.05) is 18.2 Å². The van der Waals surface area contributed by atoms with Gasteiger partial charge in [-0.3, -0.25) is 14.4 Å². The number of carbonyl (C=O) groups is 3. The van der Waals surface area contributed by atoms with Crippen molar-refractivity contribution >= 4 is 23.4 Å². The van der Waals surface area contributed by atoms with E-state index < -0.39 is 6.04 Å². The standard InChI is InChI=1S/C21H20FN3O3/c1-24-12-14-5-6-16(10-17(14)21(24)28)23-20(27)18-7-8-19(26)25(18)11-13-3-2-4-15(22)9-13/h2-6,9-10,18H,7-8,11-12H2,1H3,(H,23,27). The minimum atomic E-state index is -0.623. The van der Waals surface area contributed by atoms with Crippen molar-refractivity contribution in [3.8, 4) is 0 Å². The Morgan fingerprint density at radius 3 is 2.82 bits per heavy atom. The Morgan fingerprint density at radius 2 is 2.04 bits per heavy atom. The predicted octanol–water partition coefficient (Wildman–Crippen LogP) is 2.54. The SMILES string of the molecule is CN1Cc2ccc(NC(=O)C3CCC(=O)N3Cc3cccc(F)c3)cc2C1=O. The van der Waals surface area contributed by atoms with Crippen LogP contribution in [0.5, 0.6) is 0 Å². The van der Waals surface area contributed by atoms with Gasteiger partial charge in [-0.2, -0.15) is 0 Å². The van der Waals surface area contributed by atoms with Crippen LogP contribution in [0.1, 0.15) is 34.3 Å². The van der Waals surface area contributed by atoms with Gasteiger partial charge < -0.3 is 15.1 Å². The molecule has 1 fully saturated rings. The molecule has 0 aromatic heterocycles. The maximum absolute atomic E-state index is 13.4. The first-order valence-electron chi connectivity index (χ1n) is 9.15. The summed E-state index contributed by atoms with van der Waals surface area (Å²) in [5.74, 6) is -0.885. The molecule has 6 nitrogen and oxygen atoms in total. The lowest BCUT2D eigenvalue weighted by Crippen LogP contribution is -2.41. The quantitative estimate of drug-likeness (QED) is 0.885. The molecule has 144 valence electrons. The van der Waals surface area contributed by atoms with E-state index in [0.717, 1.165) is 5.56 Å². The van der Waals surface area contributed by atoms with Crippen LogP contribution < -0.4 is 5.32 Å². The molecule has 0 bridgehead atoms. The van der Waals surface area contributed by atoms with Crippen LogP contribution in [0.15, 0.2) is 42.5 Å². The lowest BCUT2D eigenvalue weighted by molar-refractivity contribution is -0.133. The monoisotopic (exact) mass is 381 g/mol. The van der Waals surface area contributed by atoms with Gasteiger partial charge >= 0.3 is 0 Å². The van der Waals surface area contributed by atoms with E-state index >= 15 is 0 Å². The molecule has 0 saturated carbocycles. The van der Waals surface area contributed by atoms with Crippen molar-refractivity contribution in [3.05, 3.63) is 65.0 Å². The molecule has 2 heterocycles. The van der Waals surface area contributed by atoms with E-state index in [1.165, 1.54) is 17.0 Å². The Labute approximate surface area is 161 Å². The molecule has 2 aliphatic rings. The number of nitrogens with one attached hydrogen (secondary N) is 1. The van der Waals surface area contributed by atoms with Crippen molar-refractivity contribution in [2.24, 2.45) is 0 Å². The minimum Gasteiger partial charge on any atom is -0.337 e. The summed E-state index contributed by atoms with van der Waals surface area (Å²) in [7, 11) is 1.73. The van der Waals surface area contributed by atoms with Gasteiger partial charge in [0.2, 0.25) is 11.8 Å². The summed E-state index contributed by atoms with van der Waals surface area (Å²) in [6.07, 6.45) is 0.688. The molecular formula is C21H20FN3O3. The van der Waals surface area contributed by atoms with Crippen LogP contribution in [0.4, 0.5) is 10.1 Å². The number of hydrogen-bond acceptors (Lipinski definition) is 3. The highest BCUT2D eigenvalue weighted by Crippen LogP contribution is 2.26. The number of fused-ring (bicyclic) bond motifs is 1. The number of benzene rings is 2. The van der Waals surface area contributed by atoms with E-state index in [1.807, 2.05) is 6.07 Å². The second-order valence-corrected chi connectivity index (χ2v) is 7.23. The molecule has 2 aromatic rings. The average molecular weight is 381 g/mol. The van der Waals surface area contributed by atoms with Crippen LogP contribution in [-0.2, 0) is 22.7 Å². The first-order chi connectivity index (χ1) is 13.4. The fraction of sp³-hybridized carbons (Fsp3) is 0.286. The van der Waals surface area contributed by atoms with E-state index in [9.17, 15) is 18.8 Å². The number of anilines is 1. The number of amides is 3. The molecule has 28 heavy (non-hydrogen) atoms. The van der Waals surface area contributed by atoms with E-state index in [4.69, 9.17) is 0 Å². The van der Waals surface area contributed by atoms with Crippen molar-refractivity contribution in [2.45, 2.75) is 32.0 Å². The summed E-state index contributed by atoms with van der Waals surface area (Å²) in [4.78, 5) is 40.3. The van der Waals surface area contributed by atoms with Crippen LogP contribution in [0.3, 0.4) is 0 Å². The number of nitrogens with zero attached hydrogens (tertiary/aromatic N) is 2. The number of rotatable bonds is 4. The van der Waals surface area contributed by atoms with Gasteiger partial charge in [0, 0.05) is 37.8 Å². The van der Waals surface area contributed by atoms with Gasteiger partial charge in [-0.05, 0) is 41.8 Å². The molecule has 1 saturated heterocycles. The Hall–Kier alpha value is -3.22. The third-order valence-electron chi connectivity index (χ3n) is 5.23. The summed E-state index contributed by atoms with van der Waals surface area (Å²) in [5, 5.41) is 2.82. The highest BCUT2D eigenvalue weighted by atomic mass is 19.1. The van der Waals surface area contributed by atoms with Crippen LogP contribution in [0.25, 0.3) is 0 Å². The minimum absolute atomic E-state index is 0.0742. The normalized spacial score (nSPS) is 18.6. The van der Waals surface area contributed by atoms with Crippen LogP contribution in [0.2, 0.25) is 0 Å². The molecule has 2 aliphatic heterocycles. The summed E-state index contributed by atoms with van der Waals surface area (Å²) in [6.45, 7) is 0.739. The summed E-state index contributed by atoms with van der Waals surface area (Å²) in [5.41, 5.74) is 2.67. The topological polar surface area (TPSA) is 69.7 Å². The fourth-order valence-corrected chi connectivity index (χ4v) is 3.79. The largest absolute Gasteiger partial charge is 0.337 e. The van der Waals surface area contributed by atoms with E-state index in [-0.39, 0.29) is 36.5 Å². The third-order valence-corrected chi connectivity index (χ3v) is 5.23. The smallest absolute Gasteiger partial charge is 0.254 e. The molecule has 2 aromatic carbocycles. The Bertz CT molecular complexity index is 975. The van der Waals surface area contributed by atoms with Crippen molar-refractivity contribution in [3.63, 3.8) is 0 Å². The van der Waals surface area contributed by atoms with Crippen molar-refractivity contribution in [2.75, 3.05) is 12.4 Å². The van der Waals surface area contributed by atoms with E-state index in [0.29, 0.717) is 29.8 Å². The summed E-state index contributed by atoms with van der Waals surface area (Å²) in [6, 6.07) is 10.7. The zero-order valence-corrected chi connectivity index (χ0v) is 15.4. The Morgan fingerprint density at radius 1 is 1.21 bits per heavy atom. The highest BCUT2D eigenvalue weighted by molar-refractivity contribution is 6.02. The van der Waals surface area contributed by atoms with Crippen LogP contribution in [-0.4, -0.2) is 40.6 Å². The molecule has 0 aliphatic carbocycles. The van der Waals surface area contributed by atoms with Crippen molar-refractivity contribution < 1.29 is 18.8 Å². The van der Waals surface area contributed by atoms with Gasteiger partial charge in [0.25, 0.3) is 5.91 Å². The zero-order valence-electron chi connectivity index (χ0n) is 15.4. The lowest BCUT2D eigenvalue weighted by atomic mass is 10.1. The van der Waals surface area contributed by atoms with Gasteiger partial charge in [0.15, 0.2) is 0 Å². The van der Waals surface area contributed by atoms with E-state index in [1.54, 1.807) is 36.2 Å². The van der Waals surface area contributed by atoms with Gasteiger partial charge in [0.05, 0.1) is 0 Å². The molecule has 1 atom stereocenters. The number of likely N-dealkylation sites (tertiary alicyclic amines) is 1. The maximum atomic E-state index is 13.4. The maximum Gasteiger partial charge on any atom is 0.254 e. The second kappa shape index (κ2) is 7.07. The van der Waals surface area contributed by atoms with Gasteiger partial charge in [-0.25, -0.2) is 4.39 Å². The number of carbonyl (C=O) groups excluding carboxylic acids is 3. The third kappa shape index (κ3) is 3.35. The number of hydrogen-bond donors (Lipinski definition) is 1.